The molecular weight excluding hydrogens is 288 g/mol. The molecule has 8 heteroatoms. The van der Waals surface area contributed by atoms with Crippen LogP contribution in [0.1, 0.15) is 25.5 Å². The zero-order valence-corrected chi connectivity index (χ0v) is 13.0. The van der Waals surface area contributed by atoms with Crippen LogP contribution >= 0.6 is 0 Å². The minimum atomic E-state index is -0.533. The number of nitrogens with one attached hydrogen (secondary N) is 2. The van der Waals surface area contributed by atoms with Crippen LogP contribution in [0, 0.1) is 10.1 Å². The number of nitrogens with zero attached hydrogens (tertiary/aromatic N) is 2. The quantitative estimate of drug-likeness (QED) is 0.608. The van der Waals surface area contributed by atoms with E-state index in [-0.39, 0.29) is 17.5 Å². The van der Waals surface area contributed by atoms with Gasteiger partial charge in [-0.2, -0.15) is 0 Å². The first-order valence-electron chi connectivity index (χ1n) is 6.68. The fourth-order valence-electron chi connectivity index (χ4n) is 2.09. The summed E-state index contributed by atoms with van der Waals surface area (Å²) >= 11 is 0. The van der Waals surface area contributed by atoms with E-state index in [0.29, 0.717) is 17.8 Å². The molecule has 0 aliphatic heterocycles. The van der Waals surface area contributed by atoms with Crippen molar-refractivity contribution in [2.75, 3.05) is 26.0 Å². The molecule has 0 saturated heterocycles. The number of carbonyl (C=O) groups excluding carboxylic acids is 2. The van der Waals surface area contributed by atoms with Crippen molar-refractivity contribution in [2.24, 2.45) is 0 Å². The molecule has 0 spiro atoms. The molecule has 0 aliphatic carbocycles. The minimum absolute atomic E-state index is 0.126. The van der Waals surface area contributed by atoms with Crippen LogP contribution in [0.5, 0.6) is 0 Å². The highest BCUT2D eigenvalue weighted by atomic mass is 16.6. The van der Waals surface area contributed by atoms with Gasteiger partial charge in [0.25, 0.3) is 5.69 Å². The van der Waals surface area contributed by atoms with Gasteiger partial charge in [0.1, 0.15) is 0 Å². The Balaban J connectivity index is 3.29. The van der Waals surface area contributed by atoms with E-state index in [4.69, 9.17) is 0 Å². The molecule has 0 aromatic heterocycles. The van der Waals surface area contributed by atoms with Crippen molar-refractivity contribution in [1.82, 2.24) is 10.2 Å². The van der Waals surface area contributed by atoms with Crippen LogP contribution in [0.25, 0.3) is 0 Å². The number of nitro benzene ring substituents is 1. The number of benzene rings is 1. The van der Waals surface area contributed by atoms with Crippen molar-refractivity contribution in [3.63, 3.8) is 0 Å². The lowest BCUT2D eigenvalue weighted by Gasteiger charge is -2.24. The predicted molar refractivity (Wildman–Crippen MR) is 82.5 cm³/mol. The van der Waals surface area contributed by atoms with Crippen LogP contribution in [-0.2, 0) is 9.59 Å². The van der Waals surface area contributed by atoms with Gasteiger partial charge in [0, 0.05) is 32.5 Å². The van der Waals surface area contributed by atoms with E-state index in [9.17, 15) is 19.7 Å². The topological polar surface area (TPSA) is 105 Å². The first kappa shape index (κ1) is 17.6. The summed E-state index contributed by atoms with van der Waals surface area (Å²) in [7, 11) is 3.69. The summed E-state index contributed by atoms with van der Waals surface area (Å²) in [6.45, 7) is 3.21. The summed E-state index contributed by atoms with van der Waals surface area (Å²) in [5.41, 5.74) is 0.811. The van der Waals surface area contributed by atoms with Crippen LogP contribution < -0.4 is 10.6 Å². The van der Waals surface area contributed by atoms with Gasteiger partial charge in [-0.1, -0.05) is 0 Å². The van der Waals surface area contributed by atoms with Gasteiger partial charge >= 0.3 is 0 Å². The highest BCUT2D eigenvalue weighted by Gasteiger charge is 2.20. The summed E-state index contributed by atoms with van der Waals surface area (Å²) in [5, 5.41) is 16.3. The van der Waals surface area contributed by atoms with E-state index in [1.54, 1.807) is 6.07 Å². The molecule has 0 bridgehead atoms. The number of non-ortho nitro benzene ring substituents is 1. The largest absolute Gasteiger partial charge is 0.348 e. The molecule has 1 aromatic carbocycles. The highest BCUT2D eigenvalue weighted by Crippen LogP contribution is 2.28. The Morgan fingerprint density at radius 3 is 2.36 bits per heavy atom. The van der Waals surface area contributed by atoms with E-state index < -0.39 is 11.0 Å². The van der Waals surface area contributed by atoms with Gasteiger partial charge in [-0.05, 0) is 25.7 Å². The third kappa shape index (κ3) is 5.13. The number of nitro groups is 1. The smallest absolute Gasteiger partial charge is 0.271 e. The van der Waals surface area contributed by atoms with Gasteiger partial charge < -0.3 is 15.5 Å². The maximum absolute atomic E-state index is 11.4. The number of carbonyl (C=O) groups is 2. The molecule has 120 valence electrons. The number of hydrogen-bond acceptors (Lipinski definition) is 5. The Morgan fingerprint density at radius 2 is 1.91 bits per heavy atom. The molecule has 0 aliphatic rings. The molecule has 22 heavy (non-hydrogen) atoms. The highest BCUT2D eigenvalue weighted by molar-refractivity contribution is 5.90. The lowest BCUT2D eigenvalue weighted by Crippen LogP contribution is -2.34. The molecule has 1 unspecified atom stereocenters. The third-order valence-corrected chi connectivity index (χ3v) is 2.86. The fraction of sp³-hybridized carbons (Fsp3) is 0.429. The van der Waals surface area contributed by atoms with Gasteiger partial charge in [-0.15, -0.1) is 0 Å². The SMILES string of the molecule is CC(=O)Nc1cc([N+](=O)[O-])ccc1C(CN(C)C)NC(C)=O. The molecule has 0 radical (unpaired) electrons. The molecule has 1 rings (SSSR count). The Hall–Kier alpha value is -2.48. The lowest BCUT2D eigenvalue weighted by atomic mass is 10.0. The maximum Gasteiger partial charge on any atom is 0.271 e. The molecule has 8 nitrogen and oxygen atoms in total. The fourth-order valence-corrected chi connectivity index (χ4v) is 2.09. The Labute approximate surface area is 128 Å². The van der Waals surface area contributed by atoms with Crippen molar-refractivity contribution < 1.29 is 14.5 Å². The second-order valence-corrected chi connectivity index (χ2v) is 5.23. The minimum Gasteiger partial charge on any atom is -0.348 e. The first-order chi connectivity index (χ1) is 10.2. The Bertz CT molecular complexity index is 586. The van der Waals surface area contributed by atoms with Gasteiger partial charge in [-0.25, -0.2) is 0 Å². The van der Waals surface area contributed by atoms with E-state index in [2.05, 4.69) is 10.6 Å². The van der Waals surface area contributed by atoms with E-state index in [1.165, 1.54) is 26.0 Å². The standard InChI is InChI=1S/C14H20N4O4/c1-9(19)15-13-7-11(18(21)22)5-6-12(13)14(8-17(3)4)16-10(2)20/h5-7,14H,8H2,1-4H3,(H,15,19)(H,16,20). The van der Waals surface area contributed by atoms with Crippen molar-refractivity contribution >= 4 is 23.2 Å². The van der Waals surface area contributed by atoms with Gasteiger partial charge in [0.2, 0.25) is 11.8 Å². The van der Waals surface area contributed by atoms with Gasteiger partial charge in [-0.3, -0.25) is 19.7 Å². The molecule has 0 fully saturated rings. The number of likely N-dealkylation sites (N-methyl/N-ethyl adjacent to an activating group) is 1. The van der Waals surface area contributed by atoms with E-state index in [1.807, 2.05) is 19.0 Å². The number of rotatable bonds is 6. The van der Waals surface area contributed by atoms with E-state index in [0.717, 1.165) is 0 Å². The monoisotopic (exact) mass is 308 g/mol. The molecule has 2 N–H and O–H groups in total. The zero-order chi connectivity index (χ0) is 16.9. The summed E-state index contributed by atoms with van der Waals surface area (Å²) in [4.78, 5) is 35.0. The summed E-state index contributed by atoms with van der Waals surface area (Å²) in [6, 6.07) is 3.80. The molecule has 1 atom stereocenters. The molecular formula is C14H20N4O4. The summed E-state index contributed by atoms with van der Waals surface area (Å²) in [5.74, 6) is -0.563. The number of anilines is 1. The van der Waals surface area contributed by atoms with Crippen molar-refractivity contribution in [2.45, 2.75) is 19.9 Å². The molecule has 0 heterocycles. The Morgan fingerprint density at radius 1 is 1.27 bits per heavy atom. The summed E-state index contributed by atoms with van der Waals surface area (Å²) in [6.07, 6.45) is 0. The average Bonchev–Trinajstić information content (AvgIpc) is 2.35. The zero-order valence-electron chi connectivity index (χ0n) is 13.0. The van der Waals surface area contributed by atoms with Crippen molar-refractivity contribution in [3.8, 4) is 0 Å². The van der Waals surface area contributed by atoms with Crippen LogP contribution in [0.2, 0.25) is 0 Å². The number of hydrogen-bond donors (Lipinski definition) is 2. The van der Waals surface area contributed by atoms with Gasteiger partial charge in [0.05, 0.1) is 16.7 Å². The maximum atomic E-state index is 11.4. The van der Waals surface area contributed by atoms with Crippen molar-refractivity contribution in [1.29, 1.82) is 0 Å². The third-order valence-electron chi connectivity index (χ3n) is 2.86. The average molecular weight is 308 g/mol. The first-order valence-corrected chi connectivity index (χ1v) is 6.68. The molecule has 0 saturated carbocycles. The second kappa shape index (κ2) is 7.51. The lowest BCUT2D eigenvalue weighted by molar-refractivity contribution is -0.384. The van der Waals surface area contributed by atoms with Crippen LogP contribution in [0.3, 0.4) is 0 Å². The normalized spacial score (nSPS) is 11.9. The summed E-state index contributed by atoms with van der Waals surface area (Å²) < 4.78 is 0. The predicted octanol–water partition coefficient (Wildman–Crippen LogP) is 1.29. The van der Waals surface area contributed by atoms with Crippen molar-refractivity contribution in [3.05, 3.63) is 33.9 Å². The van der Waals surface area contributed by atoms with Gasteiger partial charge in [0.15, 0.2) is 0 Å². The van der Waals surface area contributed by atoms with Crippen LogP contribution in [0.15, 0.2) is 18.2 Å². The number of amides is 2. The Kier molecular flexibility index (Phi) is 6.00. The molecule has 2 amide bonds. The second-order valence-electron chi connectivity index (χ2n) is 5.23. The van der Waals surface area contributed by atoms with Crippen LogP contribution in [-0.4, -0.2) is 42.3 Å². The van der Waals surface area contributed by atoms with Crippen LogP contribution in [0.4, 0.5) is 11.4 Å². The van der Waals surface area contributed by atoms with E-state index >= 15 is 0 Å². The molecule has 1 aromatic rings.